The van der Waals surface area contributed by atoms with Gasteiger partial charge in [0.15, 0.2) is 0 Å². The van der Waals surface area contributed by atoms with Crippen LogP contribution >= 0.6 is 0 Å². The lowest BCUT2D eigenvalue weighted by atomic mass is 9.85. The van der Waals surface area contributed by atoms with Gasteiger partial charge in [-0.15, -0.1) is 0 Å². The minimum atomic E-state index is -0.154. The average Bonchev–Trinajstić information content (AvgIpc) is 2.64. The molecule has 2 rings (SSSR count). The Labute approximate surface area is 166 Å². The monoisotopic (exact) mass is 385 g/mol. The molecule has 6 nitrogen and oxygen atoms in total. The van der Waals surface area contributed by atoms with Crippen molar-refractivity contribution in [2.24, 2.45) is 5.73 Å². The van der Waals surface area contributed by atoms with Gasteiger partial charge in [0.2, 0.25) is 0 Å². The standard InChI is InChI=1S/C21H43N3O3/c1-5-9-27-21(7-10-25-11-8-21)16-24-18(4)13-19-14-20(22,6-12-26-19)15-23-17(2)3/h17-19,23-24H,5-16,22H2,1-4H3. The summed E-state index contributed by atoms with van der Waals surface area (Å²) in [5.74, 6) is 0. The molecule has 0 radical (unpaired) electrons. The minimum Gasteiger partial charge on any atom is -0.381 e. The third-order valence-electron chi connectivity index (χ3n) is 5.86. The zero-order chi connectivity index (χ0) is 19.8. The molecule has 0 aromatic carbocycles. The van der Waals surface area contributed by atoms with Crippen molar-refractivity contribution in [2.75, 3.05) is 39.5 Å². The van der Waals surface area contributed by atoms with Crippen LogP contribution in [0.15, 0.2) is 0 Å². The van der Waals surface area contributed by atoms with Crippen LogP contribution in [0.5, 0.6) is 0 Å². The maximum absolute atomic E-state index is 6.64. The Morgan fingerprint density at radius 2 is 1.81 bits per heavy atom. The van der Waals surface area contributed by atoms with Crippen LogP contribution in [0, 0.1) is 0 Å². The lowest BCUT2D eigenvalue weighted by Crippen LogP contribution is -2.56. The van der Waals surface area contributed by atoms with Crippen molar-refractivity contribution in [3.05, 3.63) is 0 Å². The Morgan fingerprint density at radius 3 is 2.48 bits per heavy atom. The maximum Gasteiger partial charge on any atom is 0.0850 e. The molecule has 0 aromatic heterocycles. The smallest absolute Gasteiger partial charge is 0.0850 e. The molecule has 2 fully saturated rings. The van der Waals surface area contributed by atoms with Crippen molar-refractivity contribution in [2.45, 2.75) is 95.5 Å². The zero-order valence-electron chi connectivity index (χ0n) is 18.0. The maximum atomic E-state index is 6.64. The molecule has 0 spiro atoms. The number of hydrogen-bond donors (Lipinski definition) is 3. The molecular formula is C21H43N3O3. The molecule has 2 aliphatic heterocycles. The van der Waals surface area contributed by atoms with Gasteiger partial charge in [-0.25, -0.2) is 0 Å². The van der Waals surface area contributed by atoms with E-state index in [0.29, 0.717) is 12.1 Å². The van der Waals surface area contributed by atoms with E-state index >= 15 is 0 Å². The summed E-state index contributed by atoms with van der Waals surface area (Å²) in [7, 11) is 0. The van der Waals surface area contributed by atoms with E-state index in [1.54, 1.807) is 0 Å². The fourth-order valence-corrected chi connectivity index (χ4v) is 4.03. The first kappa shape index (κ1) is 23.0. The molecule has 2 heterocycles. The Kier molecular flexibility index (Phi) is 9.45. The topological polar surface area (TPSA) is 77.8 Å². The molecule has 2 saturated heterocycles. The SMILES string of the molecule is CCCOC1(CNC(C)CC2CC(N)(CNC(C)C)CCO2)CCOCC1. The van der Waals surface area contributed by atoms with Crippen molar-refractivity contribution in [3.8, 4) is 0 Å². The lowest BCUT2D eigenvalue weighted by molar-refractivity contribution is -0.110. The molecule has 2 aliphatic rings. The minimum absolute atomic E-state index is 0.0747. The largest absolute Gasteiger partial charge is 0.381 e. The van der Waals surface area contributed by atoms with E-state index in [-0.39, 0.29) is 17.2 Å². The molecule has 0 aromatic rings. The van der Waals surface area contributed by atoms with Crippen molar-refractivity contribution < 1.29 is 14.2 Å². The molecular weight excluding hydrogens is 342 g/mol. The second-order valence-electron chi connectivity index (χ2n) is 9.01. The lowest BCUT2D eigenvalue weighted by Gasteiger charge is -2.41. The number of rotatable bonds is 11. The highest BCUT2D eigenvalue weighted by molar-refractivity contribution is 4.94. The van der Waals surface area contributed by atoms with Crippen LogP contribution in [0.25, 0.3) is 0 Å². The van der Waals surface area contributed by atoms with Crippen LogP contribution in [0.3, 0.4) is 0 Å². The van der Waals surface area contributed by atoms with Crippen molar-refractivity contribution in [1.29, 1.82) is 0 Å². The molecule has 0 bridgehead atoms. The first-order valence-corrected chi connectivity index (χ1v) is 11.0. The van der Waals surface area contributed by atoms with Crippen LogP contribution in [0.2, 0.25) is 0 Å². The summed E-state index contributed by atoms with van der Waals surface area (Å²) in [5.41, 5.74) is 6.42. The van der Waals surface area contributed by atoms with Crippen LogP contribution in [0.4, 0.5) is 0 Å². The highest BCUT2D eigenvalue weighted by atomic mass is 16.5. The van der Waals surface area contributed by atoms with Gasteiger partial charge in [0, 0.05) is 70.0 Å². The van der Waals surface area contributed by atoms with Crippen LogP contribution in [0.1, 0.15) is 66.2 Å². The van der Waals surface area contributed by atoms with Crippen molar-refractivity contribution >= 4 is 0 Å². The summed E-state index contributed by atoms with van der Waals surface area (Å²) < 4.78 is 17.8. The summed E-state index contributed by atoms with van der Waals surface area (Å²) in [6, 6.07) is 0.839. The van der Waals surface area contributed by atoms with E-state index < -0.39 is 0 Å². The molecule has 0 saturated carbocycles. The Hall–Kier alpha value is -0.240. The number of ether oxygens (including phenoxy) is 3. The van der Waals surface area contributed by atoms with Crippen molar-refractivity contribution in [1.82, 2.24) is 10.6 Å². The third kappa shape index (κ3) is 7.95. The first-order chi connectivity index (χ1) is 12.9. The molecule has 3 unspecified atom stereocenters. The van der Waals surface area contributed by atoms with Crippen molar-refractivity contribution in [3.63, 3.8) is 0 Å². The van der Waals surface area contributed by atoms with E-state index in [1.165, 1.54) is 0 Å². The van der Waals surface area contributed by atoms with E-state index in [4.69, 9.17) is 19.9 Å². The molecule has 4 N–H and O–H groups in total. The van der Waals surface area contributed by atoms with Gasteiger partial charge in [-0.3, -0.25) is 0 Å². The molecule has 27 heavy (non-hydrogen) atoms. The predicted molar refractivity (Wildman–Crippen MR) is 110 cm³/mol. The Morgan fingerprint density at radius 1 is 1.07 bits per heavy atom. The molecule has 0 aliphatic carbocycles. The molecule has 3 atom stereocenters. The highest BCUT2D eigenvalue weighted by Crippen LogP contribution is 2.27. The predicted octanol–water partition coefficient (Wildman–Crippen LogP) is 2.20. The number of nitrogens with one attached hydrogen (secondary N) is 2. The Bertz CT molecular complexity index is 415. The Balaban J connectivity index is 1.78. The van der Waals surface area contributed by atoms with E-state index in [0.717, 1.165) is 78.0 Å². The third-order valence-corrected chi connectivity index (χ3v) is 5.86. The normalized spacial score (nSPS) is 29.8. The van der Waals surface area contributed by atoms with Crippen LogP contribution in [-0.2, 0) is 14.2 Å². The van der Waals surface area contributed by atoms with Gasteiger partial charge in [-0.05, 0) is 32.6 Å². The van der Waals surface area contributed by atoms with E-state index in [1.807, 2.05) is 0 Å². The quantitative estimate of drug-likeness (QED) is 0.506. The molecule has 6 heteroatoms. The zero-order valence-corrected chi connectivity index (χ0v) is 18.0. The van der Waals surface area contributed by atoms with Gasteiger partial charge in [-0.2, -0.15) is 0 Å². The number of hydrogen-bond acceptors (Lipinski definition) is 6. The summed E-state index contributed by atoms with van der Waals surface area (Å²) in [4.78, 5) is 0. The first-order valence-electron chi connectivity index (χ1n) is 11.0. The fraction of sp³-hybridized carbons (Fsp3) is 1.00. The van der Waals surface area contributed by atoms with Gasteiger partial charge >= 0.3 is 0 Å². The summed E-state index contributed by atoms with van der Waals surface area (Å²) in [6.45, 7) is 13.7. The van der Waals surface area contributed by atoms with Gasteiger partial charge in [-0.1, -0.05) is 20.8 Å². The van der Waals surface area contributed by atoms with Gasteiger partial charge < -0.3 is 30.6 Å². The fourth-order valence-electron chi connectivity index (χ4n) is 4.03. The second kappa shape index (κ2) is 11.1. The van der Waals surface area contributed by atoms with Crippen LogP contribution < -0.4 is 16.4 Å². The van der Waals surface area contributed by atoms with Gasteiger partial charge in [0.05, 0.1) is 11.7 Å². The summed E-state index contributed by atoms with van der Waals surface area (Å²) in [5, 5.41) is 7.21. The summed E-state index contributed by atoms with van der Waals surface area (Å²) >= 11 is 0. The molecule has 0 amide bonds. The van der Waals surface area contributed by atoms with Gasteiger partial charge in [0.25, 0.3) is 0 Å². The average molecular weight is 386 g/mol. The summed E-state index contributed by atoms with van der Waals surface area (Å²) in [6.07, 6.45) is 6.06. The molecule has 160 valence electrons. The number of nitrogens with two attached hydrogens (primary N) is 1. The van der Waals surface area contributed by atoms with Crippen LogP contribution in [-0.4, -0.2) is 68.8 Å². The van der Waals surface area contributed by atoms with E-state index in [9.17, 15) is 0 Å². The van der Waals surface area contributed by atoms with Gasteiger partial charge in [0.1, 0.15) is 0 Å². The highest BCUT2D eigenvalue weighted by Gasteiger charge is 2.36. The van der Waals surface area contributed by atoms with E-state index in [2.05, 4.69) is 38.3 Å². The second-order valence-corrected chi connectivity index (χ2v) is 9.01.